The first-order chi connectivity index (χ1) is 16.9. The number of benzene rings is 2. The number of nitrogens with zero attached hydrogens (tertiary/aromatic N) is 4. The van der Waals surface area contributed by atoms with Gasteiger partial charge in [-0.1, -0.05) is 19.1 Å². The molecule has 8 nitrogen and oxygen atoms in total. The van der Waals surface area contributed by atoms with Gasteiger partial charge in [0.05, 0.1) is 23.0 Å². The third-order valence-electron chi connectivity index (χ3n) is 6.08. The van der Waals surface area contributed by atoms with E-state index < -0.39 is 23.0 Å². The van der Waals surface area contributed by atoms with E-state index >= 15 is 0 Å². The number of nitrogens with one attached hydrogen (secondary N) is 1. The average molecular weight is 502 g/mol. The highest BCUT2D eigenvalue weighted by atomic mass is 19.4. The fraction of sp³-hybridized carbons (Fsp3) is 0.360. The number of carbonyl (C=O) groups is 1. The van der Waals surface area contributed by atoms with Crippen molar-refractivity contribution in [2.24, 2.45) is 0 Å². The van der Waals surface area contributed by atoms with Crippen LogP contribution in [0.2, 0.25) is 0 Å². The molecule has 0 saturated carbocycles. The van der Waals surface area contributed by atoms with E-state index in [2.05, 4.69) is 10.4 Å². The van der Waals surface area contributed by atoms with E-state index in [0.29, 0.717) is 0 Å². The Morgan fingerprint density at radius 2 is 1.81 bits per heavy atom. The van der Waals surface area contributed by atoms with Gasteiger partial charge in [0.1, 0.15) is 0 Å². The van der Waals surface area contributed by atoms with Crippen molar-refractivity contribution in [3.63, 3.8) is 0 Å². The standard InChI is InChI=1S/C25H26F3N5O3/c1-5-15(4)29-21(34)17-9-10-19-20(12-17)33-23(32(14(2)3)22(19)35)30-31(24(33)36)13-16-7-6-8-18(11-16)25(26,27)28/h6-12,14-15H,5,13H2,1-4H3,(H,29,34). The summed E-state index contributed by atoms with van der Waals surface area (Å²) < 4.78 is 43.1. The van der Waals surface area contributed by atoms with Crippen molar-refractivity contribution in [3.8, 4) is 0 Å². The van der Waals surface area contributed by atoms with Crippen LogP contribution in [0.1, 0.15) is 61.6 Å². The summed E-state index contributed by atoms with van der Waals surface area (Å²) in [6.07, 6.45) is -3.80. The lowest BCUT2D eigenvalue weighted by molar-refractivity contribution is -0.137. The van der Waals surface area contributed by atoms with Gasteiger partial charge in [-0.3, -0.25) is 14.2 Å². The topological polar surface area (TPSA) is 90.4 Å². The Morgan fingerprint density at radius 3 is 2.44 bits per heavy atom. The third kappa shape index (κ3) is 4.52. The lowest BCUT2D eigenvalue weighted by Crippen LogP contribution is -2.32. The van der Waals surface area contributed by atoms with Crippen LogP contribution in [0.4, 0.5) is 13.2 Å². The number of hydrogen-bond acceptors (Lipinski definition) is 4. The molecular formula is C25H26F3N5O3. The maximum atomic E-state index is 13.4. The summed E-state index contributed by atoms with van der Waals surface area (Å²) in [5.41, 5.74) is -1.17. The Hall–Kier alpha value is -3.89. The number of alkyl halides is 3. The lowest BCUT2D eigenvalue weighted by atomic mass is 10.1. The molecule has 0 aliphatic rings. The minimum Gasteiger partial charge on any atom is -0.350 e. The van der Waals surface area contributed by atoms with Crippen LogP contribution in [0.5, 0.6) is 0 Å². The number of hydrogen-bond donors (Lipinski definition) is 1. The van der Waals surface area contributed by atoms with Crippen molar-refractivity contribution < 1.29 is 18.0 Å². The molecule has 0 spiro atoms. The number of carbonyl (C=O) groups excluding carboxylic acids is 1. The van der Waals surface area contributed by atoms with Crippen LogP contribution in [-0.2, 0) is 12.7 Å². The van der Waals surface area contributed by atoms with E-state index in [1.165, 1.54) is 39.3 Å². The van der Waals surface area contributed by atoms with Gasteiger partial charge in [-0.05, 0) is 63.1 Å². The Balaban J connectivity index is 1.93. The van der Waals surface area contributed by atoms with E-state index in [1.54, 1.807) is 13.8 Å². The maximum absolute atomic E-state index is 13.4. The molecule has 0 bridgehead atoms. The number of aromatic nitrogens is 4. The SMILES string of the molecule is CCC(C)NC(=O)c1ccc2c(=O)n(C(C)C)c3nn(Cc4cccc(C(F)(F)F)c4)c(=O)n3c2c1. The van der Waals surface area contributed by atoms with Crippen LogP contribution in [0.3, 0.4) is 0 Å². The van der Waals surface area contributed by atoms with Gasteiger partial charge in [-0.15, -0.1) is 5.10 Å². The summed E-state index contributed by atoms with van der Waals surface area (Å²) in [6, 6.07) is 8.70. The van der Waals surface area contributed by atoms with Crippen LogP contribution in [0.25, 0.3) is 16.7 Å². The molecule has 1 amide bonds. The minimum atomic E-state index is -4.53. The molecule has 1 unspecified atom stereocenters. The predicted octanol–water partition coefficient (Wildman–Crippen LogP) is 3.99. The molecule has 0 aliphatic carbocycles. The summed E-state index contributed by atoms with van der Waals surface area (Å²) in [6.45, 7) is 7.09. The summed E-state index contributed by atoms with van der Waals surface area (Å²) in [5, 5.41) is 7.39. The minimum absolute atomic E-state index is 0.0407. The lowest BCUT2D eigenvalue weighted by Gasteiger charge is -2.14. The largest absolute Gasteiger partial charge is 0.416 e. The highest BCUT2D eigenvalue weighted by Gasteiger charge is 2.30. The zero-order valence-corrected chi connectivity index (χ0v) is 20.3. The van der Waals surface area contributed by atoms with E-state index in [1.807, 2.05) is 13.8 Å². The highest BCUT2D eigenvalue weighted by Crippen LogP contribution is 2.29. The van der Waals surface area contributed by atoms with Crippen LogP contribution in [0, 0.1) is 0 Å². The van der Waals surface area contributed by atoms with Crippen molar-refractivity contribution in [1.29, 1.82) is 0 Å². The average Bonchev–Trinajstić information content (AvgIpc) is 3.13. The molecule has 1 atom stereocenters. The summed E-state index contributed by atoms with van der Waals surface area (Å²) in [7, 11) is 0. The number of amides is 1. The quantitative estimate of drug-likeness (QED) is 0.433. The zero-order valence-electron chi connectivity index (χ0n) is 20.3. The van der Waals surface area contributed by atoms with E-state index in [9.17, 15) is 27.6 Å². The number of fused-ring (bicyclic) bond motifs is 3. The van der Waals surface area contributed by atoms with Crippen molar-refractivity contribution in [1.82, 2.24) is 24.1 Å². The van der Waals surface area contributed by atoms with Crippen molar-refractivity contribution in [2.45, 2.75) is 58.9 Å². The first-order valence-electron chi connectivity index (χ1n) is 11.6. The Bertz CT molecular complexity index is 1580. The molecule has 190 valence electrons. The van der Waals surface area contributed by atoms with Gasteiger partial charge in [0, 0.05) is 17.6 Å². The molecule has 0 radical (unpaired) electrons. The van der Waals surface area contributed by atoms with Gasteiger partial charge in [0.25, 0.3) is 11.5 Å². The molecule has 0 fully saturated rings. The Kier molecular flexibility index (Phi) is 6.50. The van der Waals surface area contributed by atoms with Gasteiger partial charge in [0.2, 0.25) is 5.78 Å². The second kappa shape index (κ2) is 9.29. The smallest absolute Gasteiger partial charge is 0.350 e. The monoisotopic (exact) mass is 501 g/mol. The third-order valence-corrected chi connectivity index (χ3v) is 6.08. The van der Waals surface area contributed by atoms with Crippen LogP contribution in [0.15, 0.2) is 52.1 Å². The van der Waals surface area contributed by atoms with Crippen molar-refractivity contribution >= 4 is 22.6 Å². The summed E-state index contributed by atoms with van der Waals surface area (Å²) in [4.78, 5) is 39.4. The molecule has 2 heterocycles. The van der Waals surface area contributed by atoms with Crippen LogP contribution < -0.4 is 16.6 Å². The molecule has 4 aromatic rings. The van der Waals surface area contributed by atoms with Crippen molar-refractivity contribution in [3.05, 3.63) is 80.0 Å². The second-order valence-corrected chi connectivity index (χ2v) is 9.06. The van der Waals surface area contributed by atoms with E-state index in [0.717, 1.165) is 23.2 Å². The second-order valence-electron chi connectivity index (χ2n) is 9.06. The Labute approximate surface area is 204 Å². The zero-order chi connectivity index (χ0) is 26.4. The highest BCUT2D eigenvalue weighted by molar-refractivity contribution is 5.98. The normalized spacial score (nSPS) is 13.0. The van der Waals surface area contributed by atoms with Gasteiger partial charge in [0.15, 0.2) is 0 Å². The van der Waals surface area contributed by atoms with Crippen molar-refractivity contribution in [2.75, 3.05) is 0 Å². The first-order valence-corrected chi connectivity index (χ1v) is 11.6. The molecular weight excluding hydrogens is 475 g/mol. The van der Waals surface area contributed by atoms with Gasteiger partial charge in [-0.2, -0.15) is 13.2 Å². The fourth-order valence-electron chi connectivity index (χ4n) is 4.02. The van der Waals surface area contributed by atoms with Gasteiger partial charge >= 0.3 is 11.9 Å². The fourth-order valence-corrected chi connectivity index (χ4v) is 4.02. The number of rotatable bonds is 6. The molecule has 2 aromatic carbocycles. The van der Waals surface area contributed by atoms with Crippen LogP contribution in [-0.4, -0.2) is 30.7 Å². The van der Waals surface area contributed by atoms with E-state index in [-0.39, 0.29) is 52.3 Å². The molecule has 2 aromatic heterocycles. The molecule has 36 heavy (non-hydrogen) atoms. The summed E-state index contributed by atoms with van der Waals surface area (Å²) in [5.74, 6) is -0.309. The maximum Gasteiger partial charge on any atom is 0.416 e. The number of halogens is 3. The van der Waals surface area contributed by atoms with Crippen LogP contribution >= 0.6 is 0 Å². The molecule has 11 heteroatoms. The molecule has 0 aliphatic heterocycles. The van der Waals surface area contributed by atoms with Gasteiger partial charge in [-0.25, -0.2) is 13.9 Å². The first kappa shape index (κ1) is 25.2. The van der Waals surface area contributed by atoms with E-state index in [4.69, 9.17) is 0 Å². The molecule has 4 rings (SSSR count). The molecule has 0 saturated heterocycles. The Morgan fingerprint density at radius 1 is 1.08 bits per heavy atom. The summed E-state index contributed by atoms with van der Waals surface area (Å²) >= 11 is 0. The molecule has 1 N–H and O–H groups in total. The predicted molar refractivity (Wildman–Crippen MR) is 129 cm³/mol. The van der Waals surface area contributed by atoms with Gasteiger partial charge < -0.3 is 5.32 Å².